The number of hydrogen-bond donors (Lipinski definition) is 1. The van der Waals surface area contributed by atoms with E-state index in [0.717, 1.165) is 0 Å². The number of anilines is 1. The van der Waals surface area contributed by atoms with Crippen LogP contribution in [0.3, 0.4) is 0 Å². The summed E-state index contributed by atoms with van der Waals surface area (Å²) in [6.07, 6.45) is 0. The van der Waals surface area contributed by atoms with Crippen molar-refractivity contribution < 1.29 is 14.1 Å². The minimum Gasteiger partial charge on any atom is -0.355 e. The third kappa shape index (κ3) is 4.90. The molecule has 1 aromatic heterocycles. The van der Waals surface area contributed by atoms with Gasteiger partial charge in [-0.1, -0.05) is 58.2 Å². The number of carbonyl (C=O) groups is 2. The summed E-state index contributed by atoms with van der Waals surface area (Å²) in [5.41, 5.74) is 0.993. The van der Waals surface area contributed by atoms with Gasteiger partial charge in [0.2, 0.25) is 5.91 Å². The van der Waals surface area contributed by atoms with Gasteiger partial charge in [0.25, 0.3) is 5.91 Å². The zero-order valence-corrected chi connectivity index (χ0v) is 17.6. The van der Waals surface area contributed by atoms with E-state index in [9.17, 15) is 9.59 Å². The molecule has 0 saturated heterocycles. The van der Waals surface area contributed by atoms with Crippen LogP contribution >= 0.6 is 34.8 Å². The second-order valence-corrected chi connectivity index (χ2v) is 7.24. The predicted octanol–water partition coefficient (Wildman–Crippen LogP) is 5.40. The van der Waals surface area contributed by atoms with Crippen molar-refractivity contribution in [2.24, 2.45) is 0 Å². The van der Waals surface area contributed by atoms with E-state index in [4.69, 9.17) is 39.3 Å². The van der Waals surface area contributed by atoms with E-state index in [0.29, 0.717) is 32.1 Å². The predicted molar refractivity (Wildman–Crippen MR) is 114 cm³/mol. The number of carbonyl (C=O) groups excluding carboxylic acids is 2. The molecule has 29 heavy (non-hydrogen) atoms. The highest BCUT2D eigenvalue weighted by molar-refractivity contribution is 6.39. The quantitative estimate of drug-likeness (QED) is 0.543. The average Bonchev–Trinajstić information content (AvgIpc) is 3.19. The Morgan fingerprint density at radius 2 is 1.69 bits per heavy atom. The van der Waals surface area contributed by atoms with Gasteiger partial charge >= 0.3 is 0 Å². The van der Waals surface area contributed by atoms with Gasteiger partial charge in [0, 0.05) is 18.2 Å². The van der Waals surface area contributed by atoms with Crippen LogP contribution in [0.25, 0.3) is 11.3 Å². The Balaban J connectivity index is 1.72. The molecule has 9 heteroatoms. The molecule has 1 N–H and O–H groups in total. The van der Waals surface area contributed by atoms with Gasteiger partial charge in [-0.15, -0.1) is 0 Å². The molecule has 3 rings (SSSR count). The van der Waals surface area contributed by atoms with E-state index in [-0.39, 0.29) is 18.8 Å². The fourth-order valence-corrected chi connectivity index (χ4v) is 3.34. The van der Waals surface area contributed by atoms with Crippen LogP contribution in [0.5, 0.6) is 0 Å². The van der Waals surface area contributed by atoms with E-state index < -0.39 is 11.8 Å². The normalized spacial score (nSPS) is 10.6. The molecule has 0 saturated carbocycles. The smallest absolute Gasteiger partial charge is 0.276 e. The van der Waals surface area contributed by atoms with Gasteiger partial charge in [0.05, 0.1) is 20.8 Å². The number of benzene rings is 2. The Hall–Kier alpha value is -2.54. The Morgan fingerprint density at radius 1 is 1.03 bits per heavy atom. The van der Waals surface area contributed by atoms with Crippen LogP contribution in [0.4, 0.5) is 5.69 Å². The molecule has 0 bridgehead atoms. The molecule has 0 aliphatic rings. The lowest BCUT2D eigenvalue weighted by Gasteiger charge is -2.19. The zero-order valence-electron chi connectivity index (χ0n) is 15.3. The minimum absolute atomic E-state index is 0.0744. The first-order chi connectivity index (χ1) is 13.9. The second kappa shape index (κ2) is 9.31. The maximum absolute atomic E-state index is 12.8. The molecule has 150 valence electrons. The van der Waals surface area contributed by atoms with Crippen molar-refractivity contribution >= 4 is 52.3 Å². The maximum Gasteiger partial charge on any atom is 0.276 e. The number of aromatic nitrogens is 1. The highest BCUT2D eigenvalue weighted by Gasteiger charge is 2.22. The van der Waals surface area contributed by atoms with Gasteiger partial charge < -0.3 is 14.7 Å². The summed E-state index contributed by atoms with van der Waals surface area (Å²) in [4.78, 5) is 26.5. The molecule has 0 spiro atoms. The number of rotatable bonds is 6. The first-order valence-electron chi connectivity index (χ1n) is 8.65. The van der Waals surface area contributed by atoms with Crippen molar-refractivity contribution in [1.82, 2.24) is 10.1 Å². The Morgan fingerprint density at radius 3 is 2.34 bits per heavy atom. The van der Waals surface area contributed by atoms with Gasteiger partial charge in [0.15, 0.2) is 11.5 Å². The summed E-state index contributed by atoms with van der Waals surface area (Å²) in [6, 6.07) is 13.4. The summed E-state index contributed by atoms with van der Waals surface area (Å²) in [5.74, 6) is -0.526. The minimum atomic E-state index is -0.449. The van der Waals surface area contributed by atoms with Gasteiger partial charge in [-0.25, -0.2) is 0 Å². The maximum atomic E-state index is 12.8. The van der Waals surface area contributed by atoms with Crippen LogP contribution in [0, 0.1) is 0 Å². The van der Waals surface area contributed by atoms with Crippen LogP contribution < -0.4 is 5.32 Å². The molecule has 1 heterocycles. The summed E-state index contributed by atoms with van der Waals surface area (Å²) in [6.45, 7) is 1.84. The lowest BCUT2D eigenvalue weighted by atomic mass is 10.1. The van der Waals surface area contributed by atoms with E-state index in [1.165, 1.54) is 11.0 Å². The van der Waals surface area contributed by atoms with Crippen LogP contribution in [0.1, 0.15) is 17.4 Å². The Kier molecular flexibility index (Phi) is 6.79. The average molecular weight is 453 g/mol. The third-order valence-corrected chi connectivity index (χ3v) is 5.06. The van der Waals surface area contributed by atoms with Crippen LogP contribution in [0.2, 0.25) is 15.1 Å². The number of nitrogens with zero attached hydrogens (tertiary/aromatic N) is 2. The van der Waals surface area contributed by atoms with Crippen molar-refractivity contribution in [1.29, 1.82) is 0 Å². The molecule has 2 amide bonds. The monoisotopic (exact) mass is 451 g/mol. The second-order valence-electron chi connectivity index (χ2n) is 6.02. The molecule has 0 aliphatic heterocycles. The van der Waals surface area contributed by atoms with Crippen molar-refractivity contribution in [2.45, 2.75) is 6.92 Å². The number of halogens is 3. The Labute approximate surface area is 182 Å². The van der Waals surface area contributed by atoms with Crippen LogP contribution in [-0.2, 0) is 4.79 Å². The number of hydrogen-bond acceptors (Lipinski definition) is 4. The summed E-state index contributed by atoms with van der Waals surface area (Å²) in [7, 11) is 0. The highest BCUT2D eigenvalue weighted by atomic mass is 35.5. The molecule has 3 aromatic rings. The molecular weight excluding hydrogens is 437 g/mol. The number of para-hydroxylation sites is 1. The Bertz CT molecular complexity index is 1030. The largest absolute Gasteiger partial charge is 0.355 e. The van der Waals surface area contributed by atoms with Crippen LogP contribution in [-0.4, -0.2) is 35.0 Å². The van der Waals surface area contributed by atoms with E-state index >= 15 is 0 Å². The summed E-state index contributed by atoms with van der Waals surface area (Å²) < 4.78 is 5.26. The summed E-state index contributed by atoms with van der Waals surface area (Å²) >= 11 is 18.3. The van der Waals surface area contributed by atoms with Crippen molar-refractivity contribution in [3.63, 3.8) is 0 Å². The molecule has 0 atom stereocenters. The zero-order chi connectivity index (χ0) is 21.0. The first kappa shape index (κ1) is 21.2. The van der Waals surface area contributed by atoms with Crippen molar-refractivity contribution in [3.8, 4) is 11.3 Å². The lowest BCUT2D eigenvalue weighted by Crippen LogP contribution is -2.38. The molecule has 0 unspecified atom stereocenters. The van der Waals surface area contributed by atoms with E-state index in [1.54, 1.807) is 49.4 Å². The van der Waals surface area contributed by atoms with E-state index in [2.05, 4.69) is 10.5 Å². The van der Waals surface area contributed by atoms with Gasteiger partial charge in [-0.05, 0) is 31.2 Å². The topological polar surface area (TPSA) is 75.4 Å². The van der Waals surface area contributed by atoms with Crippen molar-refractivity contribution in [2.75, 3.05) is 18.4 Å². The molecule has 6 nitrogen and oxygen atoms in total. The first-order valence-corrected chi connectivity index (χ1v) is 9.78. The fourth-order valence-electron chi connectivity index (χ4n) is 2.62. The third-order valence-electron chi connectivity index (χ3n) is 4.10. The number of likely N-dealkylation sites (N-methyl/N-ethyl adjacent to an activating group) is 1. The number of amides is 2. The molecular formula is C20H16Cl3N3O3. The molecule has 2 aromatic carbocycles. The number of nitrogens with one attached hydrogen (secondary N) is 1. The van der Waals surface area contributed by atoms with E-state index in [1.807, 2.05) is 0 Å². The summed E-state index contributed by atoms with van der Waals surface area (Å²) in [5, 5.41) is 7.54. The highest BCUT2D eigenvalue weighted by Crippen LogP contribution is 2.30. The standard InChI is InChI=1S/C20H16Cl3N3O3/c1-2-26(11-18(27)24-19-14(22)8-5-9-15(19)23)20(28)16-10-17(29-25-16)12-6-3-4-7-13(12)21/h3-10H,2,11H2,1H3,(H,24,27). The van der Waals surface area contributed by atoms with Gasteiger partial charge in [-0.2, -0.15) is 0 Å². The van der Waals surface area contributed by atoms with Crippen molar-refractivity contribution in [3.05, 3.63) is 69.3 Å². The molecule has 0 fully saturated rings. The van der Waals surface area contributed by atoms with Gasteiger partial charge in [0.1, 0.15) is 6.54 Å². The molecule has 0 aliphatic carbocycles. The van der Waals surface area contributed by atoms with Gasteiger partial charge in [-0.3, -0.25) is 9.59 Å². The molecule has 0 radical (unpaired) electrons. The SMILES string of the molecule is CCN(CC(=O)Nc1c(Cl)cccc1Cl)C(=O)c1cc(-c2ccccc2Cl)on1. The fraction of sp³-hybridized carbons (Fsp3) is 0.150. The lowest BCUT2D eigenvalue weighted by molar-refractivity contribution is -0.116. The van der Waals surface area contributed by atoms with Crippen LogP contribution in [0.15, 0.2) is 53.1 Å².